The lowest BCUT2D eigenvalue weighted by Gasteiger charge is -2.31. The van der Waals surface area contributed by atoms with Crippen molar-refractivity contribution in [3.05, 3.63) is 64.7 Å². The van der Waals surface area contributed by atoms with Crippen molar-refractivity contribution in [2.24, 2.45) is 5.92 Å². The molecule has 0 amide bonds. The third-order valence-corrected chi connectivity index (χ3v) is 4.93. The zero-order valence-corrected chi connectivity index (χ0v) is 14.9. The molecular formula is C18H18BrN3O. The summed E-state index contributed by atoms with van der Waals surface area (Å²) in [5, 5.41) is 4.26. The molecule has 23 heavy (non-hydrogen) atoms. The van der Waals surface area contributed by atoms with E-state index in [1.54, 1.807) is 12.4 Å². The molecule has 0 aliphatic rings. The standard InChI is InChI=1S/C18H18BrN3O/c1-12(2)18(3,14-6-8-15(19)9-7-14)17-21-16(23-22-17)13-5-4-10-20-11-13/h4-12H,1-3H3. The van der Waals surface area contributed by atoms with Crippen LogP contribution in [0.1, 0.15) is 32.2 Å². The predicted octanol–water partition coefficient (Wildman–Crippen LogP) is 4.86. The number of benzene rings is 1. The molecule has 2 heterocycles. The smallest absolute Gasteiger partial charge is 0.259 e. The van der Waals surface area contributed by atoms with Gasteiger partial charge in [0.1, 0.15) is 0 Å². The van der Waals surface area contributed by atoms with Crippen LogP contribution in [0.3, 0.4) is 0 Å². The second-order valence-electron chi connectivity index (χ2n) is 6.03. The summed E-state index contributed by atoms with van der Waals surface area (Å²) >= 11 is 3.48. The van der Waals surface area contributed by atoms with E-state index in [9.17, 15) is 0 Å². The van der Waals surface area contributed by atoms with Crippen LogP contribution in [0.25, 0.3) is 11.5 Å². The molecule has 1 aromatic carbocycles. The first-order valence-electron chi connectivity index (χ1n) is 7.52. The summed E-state index contributed by atoms with van der Waals surface area (Å²) in [7, 11) is 0. The molecule has 0 saturated heterocycles. The van der Waals surface area contributed by atoms with Crippen LogP contribution in [0, 0.1) is 5.92 Å². The Hall–Kier alpha value is -2.01. The molecule has 0 N–H and O–H groups in total. The van der Waals surface area contributed by atoms with E-state index in [0.717, 1.165) is 15.6 Å². The van der Waals surface area contributed by atoms with Gasteiger partial charge in [0.15, 0.2) is 5.82 Å². The summed E-state index contributed by atoms with van der Waals surface area (Å²) in [6.07, 6.45) is 3.45. The van der Waals surface area contributed by atoms with Crippen molar-refractivity contribution in [2.75, 3.05) is 0 Å². The van der Waals surface area contributed by atoms with Gasteiger partial charge in [0, 0.05) is 16.9 Å². The Labute approximate surface area is 144 Å². The van der Waals surface area contributed by atoms with Gasteiger partial charge in [0.05, 0.1) is 11.0 Å². The highest BCUT2D eigenvalue weighted by molar-refractivity contribution is 9.10. The molecule has 118 valence electrons. The number of hydrogen-bond acceptors (Lipinski definition) is 4. The van der Waals surface area contributed by atoms with Gasteiger partial charge in [-0.1, -0.05) is 47.1 Å². The molecule has 1 atom stereocenters. The van der Waals surface area contributed by atoms with E-state index in [-0.39, 0.29) is 5.41 Å². The zero-order valence-electron chi connectivity index (χ0n) is 13.3. The number of hydrogen-bond donors (Lipinski definition) is 0. The first-order valence-corrected chi connectivity index (χ1v) is 8.31. The minimum atomic E-state index is -0.329. The minimum absolute atomic E-state index is 0.308. The van der Waals surface area contributed by atoms with Gasteiger partial charge in [0.25, 0.3) is 5.89 Å². The average molecular weight is 372 g/mol. The fraction of sp³-hybridized carbons (Fsp3) is 0.278. The SMILES string of the molecule is CC(C)C(C)(c1ccc(Br)cc1)c1noc(-c2cccnc2)n1. The molecule has 0 radical (unpaired) electrons. The van der Waals surface area contributed by atoms with E-state index in [2.05, 4.69) is 64.0 Å². The average Bonchev–Trinajstić information content (AvgIpc) is 3.06. The fourth-order valence-corrected chi connectivity index (χ4v) is 2.82. The lowest BCUT2D eigenvalue weighted by molar-refractivity contribution is 0.350. The molecule has 4 nitrogen and oxygen atoms in total. The molecular weight excluding hydrogens is 354 g/mol. The van der Waals surface area contributed by atoms with Gasteiger partial charge in [-0.25, -0.2) is 0 Å². The van der Waals surface area contributed by atoms with Crippen molar-refractivity contribution in [2.45, 2.75) is 26.2 Å². The van der Waals surface area contributed by atoms with Crippen LogP contribution in [0.5, 0.6) is 0 Å². The second kappa shape index (κ2) is 6.24. The highest BCUT2D eigenvalue weighted by Crippen LogP contribution is 2.38. The largest absolute Gasteiger partial charge is 0.334 e. The second-order valence-corrected chi connectivity index (χ2v) is 6.94. The number of rotatable bonds is 4. The van der Waals surface area contributed by atoms with E-state index >= 15 is 0 Å². The van der Waals surface area contributed by atoms with Crippen molar-refractivity contribution in [3.8, 4) is 11.5 Å². The summed E-state index contributed by atoms with van der Waals surface area (Å²) in [6, 6.07) is 12.1. The van der Waals surface area contributed by atoms with Gasteiger partial charge < -0.3 is 4.52 Å². The Morgan fingerprint density at radius 2 is 1.87 bits per heavy atom. The van der Waals surface area contributed by atoms with Crippen molar-refractivity contribution in [1.29, 1.82) is 0 Å². The first kappa shape index (κ1) is 15.9. The molecule has 3 aromatic rings. The Bertz CT molecular complexity index is 784. The third-order valence-electron chi connectivity index (χ3n) is 4.40. The van der Waals surface area contributed by atoms with E-state index in [0.29, 0.717) is 17.6 Å². The highest BCUT2D eigenvalue weighted by atomic mass is 79.9. The molecule has 0 aliphatic heterocycles. The number of aromatic nitrogens is 3. The minimum Gasteiger partial charge on any atom is -0.334 e. The van der Waals surface area contributed by atoms with Crippen molar-refractivity contribution in [1.82, 2.24) is 15.1 Å². The van der Waals surface area contributed by atoms with Crippen molar-refractivity contribution in [3.63, 3.8) is 0 Å². The van der Waals surface area contributed by atoms with Crippen LogP contribution in [-0.2, 0) is 5.41 Å². The van der Waals surface area contributed by atoms with E-state index in [1.165, 1.54) is 0 Å². The summed E-state index contributed by atoms with van der Waals surface area (Å²) < 4.78 is 6.53. The summed E-state index contributed by atoms with van der Waals surface area (Å²) in [5.41, 5.74) is 1.66. The fourth-order valence-electron chi connectivity index (χ4n) is 2.56. The maximum Gasteiger partial charge on any atom is 0.259 e. The third kappa shape index (κ3) is 2.93. The molecule has 2 aromatic heterocycles. The molecule has 3 rings (SSSR count). The van der Waals surface area contributed by atoms with Crippen molar-refractivity contribution >= 4 is 15.9 Å². The molecule has 0 fully saturated rings. The number of nitrogens with zero attached hydrogens (tertiary/aromatic N) is 3. The van der Waals surface area contributed by atoms with Gasteiger partial charge in [-0.3, -0.25) is 4.98 Å². The van der Waals surface area contributed by atoms with Crippen LogP contribution in [0.2, 0.25) is 0 Å². The summed E-state index contributed by atoms with van der Waals surface area (Å²) in [6.45, 7) is 6.49. The van der Waals surface area contributed by atoms with Crippen LogP contribution >= 0.6 is 15.9 Å². The maximum atomic E-state index is 5.48. The Balaban J connectivity index is 2.06. The molecule has 1 unspecified atom stereocenters. The van der Waals surface area contributed by atoms with Crippen LogP contribution < -0.4 is 0 Å². The van der Waals surface area contributed by atoms with Crippen LogP contribution in [0.15, 0.2) is 57.8 Å². The molecule has 0 aliphatic carbocycles. The maximum absolute atomic E-state index is 5.48. The lowest BCUT2D eigenvalue weighted by atomic mass is 9.73. The van der Waals surface area contributed by atoms with Crippen LogP contribution in [0.4, 0.5) is 0 Å². The quantitative estimate of drug-likeness (QED) is 0.657. The van der Waals surface area contributed by atoms with E-state index < -0.39 is 0 Å². The summed E-state index contributed by atoms with van der Waals surface area (Å²) in [4.78, 5) is 8.75. The predicted molar refractivity (Wildman–Crippen MR) is 93.0 cm³/mol. The van der Waals surface area contributed by atoms with Gasteiger partial charge in [-0.05, 0) is 42.7 Å². The highest BCUT2D eigenvalue weighted by Gasteiger charge is 2.37. The molecule has 0 saturated carbocycles. The Morgan fingerprint density at radius 1 is 1.13 bits per heavy atom. The monoisotopic (exact) mass is 371 g/mol. The van der Waals surface area contributed by atoms with E-state index in [1.807, 2.05) is 24.3 Å². The lowest BCUT2D eigenvalue weighted by Crippen LogP contribution is -2.31. The summed E-state index contributed by atoms with van der Waals surface area (Å²) in [5.74, 6) is 1.49. The van der Waals surface area contributed by atoms with Gasteiger partial charge >= 0.3 is 0 Å². The molecule has 0 bridgehead atoms. The normalized spacial score (nSPS) is 14.0. The molecule has 0 spiro atoms. The Morgan fingerprint density at radius 3 is 2.48 bits per heavy atom. The Kier molecular flexibility index (Phi) is 4.31. The van der Waals surface area contributed by atoms with Gasteiger partial charge in [-0.15, -0.1) is 0 Å². The van der Waals surface area contributed by atoms with E-state index in [4.69, 9.17) is 4.52 Å². The molecule has 5 heteroatoms. The first-order chi connectivity index (χ1) is 11.0. The number of pyridine rings is 1. The number of halogens is 1. The van der Waals surface area contributed by atoms with Crippen LogP contribution in [-0.4, -0.2) is 15.1 Å². The van der Waals surface area contributed by atoms with Gasteiger partial charge in [-0.2, -0.15) is 4.98 Å². The van der Waals surface area contributed by atoms with Crippen molar-refractivity contribution < 1.29 is 4.52 Å². The topological polar surface area (TPSA) is 51.8 Å². The van der Waals surface area contributed by atoms with Gasteiger partial charge in [0.2, 0.25) is 0 Å². The zero-order chi connectivity index (χ0) is 16.4.